The molecule has 9 nitrogen and oxygen atoms in total. The number of benzene rings is 3. The van der Waals surface area contributed by atoms with E-state index in [2.05, 4.69) is 25.1 Å². The van der Waals surface area contributed by atoms with Gasteiger partial charge in [-0.15, -0.1) is 18.3 Å². The van der Waals surface area contributed by atoms with Crippen molar-refractivity contribution >= 4 is 34.6 Å². The Bertz CT molecular complexity index is 1690. The van der Waals surface area contributed by atoms with E-state index in [4.69, 9.17) is 0 Å². The number of alkyl halides is 3. The van der Waals surface area contributed by atoms with Gasteiger partial charge in [-0.2, -0.15) is 4.99 Å². The molecular weight excluding hydrogens is 593 g/mol. The number of carbonyl (C=O) groups excluding carboxylic acids is 2. The minimum Gasteiger partial charge on any atom is -0.406 e. The van der Waals surface area contributed by atoms with Crippen molar-refractivity contribution in [3.63, 3.8) is 0 Å². The highest BCUT2D eigenvalue weighted by Crippen LogP contribution is 2.31. The molecule has 1 atom stereocenters. The molecule has 1 saturated heterocycles. The van der Waals surface area contributed by atoms with Crippen molar-refractivity contribution in [2.24, 2.45) is 4.99 Å². The summed E-state index contributed by atoms with van der Waals surface area (Å²) in [6.07, 6.45) is -2.54. The first-order chi connectivity index (χ1) is 21.0. The summed E-state index contributed by atoms with van der Waals surface area (Å²) in [6.45, 7) is 6.28. The van der Waals surface area contributed by atoms with Crippen LogP contribution in [0.1, 0.15) is 36.5 Å². The van der Waals surface area contributed by atoms with Crippen molar-refractivity contribution in [1.29, 1.82) is 0 Å². The third kappa shape index (κ3) is 7.28. The van der Waals surface area contributed by atoms with E-state index in [-0.39, 0.29) is 23.3 Å². The number of urea groups is 1. The van der Waals surface area contributed by atoms with E-state index in [0.717, 1.165) is 34.4 Å². The fourth-order valence-corrected chi connectivity index (χ4v) is 5.49. The van der Waals surface area contributed by atoms with Crippen LogP contribution in [0.5, 0.6) is 5.75 Å². The lowest BCUT2D eigenvalue weighted by Gasteiger charge is -2.20. The third-order valence-corrected chi connectivity index (χ3v) is 7.87. The van der Waals surface area contributed by atoms with E-state index in [1.54, 1.807) is 0 Å². The Morgan fingerprint density at radius 2 is 1.84 bits per heavy atom. The number of anilines is 1. The fraction of sp³-hybridized carbons (Fsp3) is 0.258. The van der Waals surface area contributed by atoms with Crippen LogP contribution in [0.2, 0.25) is 0 Å². The summed E-state index contributed by atoms with van der Waals surface area (Å²) in [5.41, 5.74) is 5.03. The minimum absolute atomic E-state index is 0.0337. The first-order valence-electron chi connectivity index (χ1n) is 13.8. The molecule has 3 aromatic carbocycles. The number of aromatic nitrogens is 3. The number of thioether (sulfide) groups is 1. The number of aliphatic imine (C=N–C) groups is 1. The molecule has 3 amide bonds. The lowest BCUT2D eigenvalue weighted by molar-refractivity contribution is -0.274. The molecule has 0 saturated carbocycles. The van der Waals surface area contributed by atoms with Gasteiger partial charge in [0.15, 0.2) is 11.0 Å². The molecule has 228 valence electrons. The van der Waals surface area contributed by atoms with Gasteiger partial charge < -0.3 is 10.1 Å². The van der Waals surface area contributed by atoms with Gasteiger partial charge in [0, 0.05) is 12.1 Å². The SMILES string of the molecule is CCc1ccc(C)cc1N1C(=O)CSC1=NC(=O)NCC(C)c1ccc(-c2ncn(-c3ccc(OC(F)(F)F)cc3)n2)cc1. The number of amidine groups is 1. The zero-order chi connectivity index (χ0) is 31.4. The number of nitrogens with one attached hydrogen (secondary N) is 1. The molecule has 44 heavy (non-hydrogen) atoms. The molecule has 0 spiro atoms. The number of amides is 3. The summed E-state index contributed by atoms with van der Waals surface area (Å²) < 4.78 is 42.6. The fourth-order valence-electron chi connectivity index (χ4n) is 4.63. The zero-order valence-corrected chi connectivity index (χ0v) is 24.9. The van der Waals surface area contributed by atoms with Gasteiger partial charge in [0.2, 0.25) is 5.91 Å². The number of rotatable bonds is 8. The Kier molecular flexibility index (Phi) is 9.04. The van der Waals surface area contributed by atoms with Crippen LogP contribution in [0.3, 0.4) is 0 Å². The molecule has 5 rings (SSSR count). The lowest BCUT2D eigenvalue weighted by Crippen LogP contribution is -2.32. The first-order valence-corrected chi connectivity index (χ1v) is 14.8. The second-order valence-corrected chi connectivity index (χ2v) is 11.1. The quantitative estimate of drug-likeness (QED) is 0.236. The lowest BCUT2D eigenvalue weighted by atomic mass is 10.00. The van der Waals surface area contributed by atoms with Gasteiger partial charge in [0.25, 0.3) is 0 Å². The maximum Gasteiger partial charge on any atom is 0.573 e. The maximum atomic E-state index is 12.8. The largest absolute Gasteiger partial charge is 0.573 e. The molecule has 1 aliphatic heterocycles. The van der Waals surface area contributed by atoms with Gasteiger partial charge in [-0.25, -0.2) is 14.5 Å². The van der Waals surface area contributed by atoms with Crippen molar-refractivity contribution in [3.8, 4) is 22.8 Å². The Hall–Kier alpha value is -4.65. The Morgan fingerprint density at radius 3 is 2.52 bits per heavy atom. The standard InChI is InChI=1S/C31H29F3N6O3S/c1-4-21-6-5-19(2)15-26(21)40-27(41)17-44-30(40)37-29(42)35-16-20(3)22-7-9-23(10-8-22)28-36-18-39(38-28)24-11-13-25(14-12-24)43-31(32,33)34/h5-15,18,20H,4,16-17H2,1-3H3,(H,35,42). The smallest absolute Gasteiger partial charge is 0.406 e. The molecule has 0 aliphatic carbocycles. The average molecular weight is 623 g/mol. The van der Waals surface area contributed by atoms with Crippen molar-refractivity contribution in [2.45, 2.75) is 39.5 Å². The van der Waals surface area contributed by atoms with Crippen LogP contribution in [-0.2, 0) is 11.2 Å². The van der Waals surface area contributed by atoms with E-state index in [1.807, 2.05) is 63.2 Å². The van der Waals surface area contributed by atoms with Crippen LogP contribution in [0.25, 0.3) is 17.1 Å². The van der Waals surface area contributed by atoms with Gasteiger partial charge in [0.1, 0.15) is 12.1 Å². The van der Waals surface area contributed by atoms with Crippen molar-refractivity contribution < 1.29 is 27.5 Å². The average Bonchev–Trinajstić information content (AvgIpc) is 3.62. The van der Waals surface area contributed by atoms with Crippen molar-refractivity contribution in [3.05, 3.63) is 89.7 Å². The Balaban J connectivity index is 1.20. The van der Waals surface area contributed by atoms with E-state index >= 15 is 0 Å². The van der Waals surface area contributed by atoms with Crippen molar-refractivity contribution in [1.82, 2.24) is 20.1 Å². The number of nitrogens with zero attached hydrogens (tertiary/aromatic N) is 5. The van der Waals surface area contributed by atoms with Crippen molar-refractivity contribution in [2.75, 3.05) is 17.2 Å². The maximum absolute atomic E-state index is 12.8. The molecule has 1 aromatic heterocycles. The normalized spacial score (nSPS) is 15.1. The Labute approximate surface area is 256 Å². The molecule has 1 fully saturated rings. The van der Waals surface area contributed by atoms with Gasteiger partial charge in [-0.1, -0.05) is 62.0 Å². The van der Waals surface area contributed by atoms with Crippen LogP contribution in [0.15, 0.2) is 78.0 Å². The van der Waals surface area contributed by atoms with Crippen LogP contribution >= 0.6 is 11.8 Å². The third-order valence-electron chi connectivity index (χ3n) is 6.95. The highest BCUT2D eigenvalue weighted by molar-refractivity contribution is 8.15. The molecular formula is C31H29F3N6O3S. The zero-order valence-electron chi connectivity index (χ0n) is 24.1. The minimum atomic E-state index is -4.76. The van der Waals surface area contributed by atoms with Gasteiger partial charge in [0.05, 0.1) is 17.1 Å². The van der Waals surface area contributed by atoms with Gasteiger partial charge in [-0.05, 0) is 66.3 Å². The number of hydrogen-bond acceptors (Lipinski definition) is 6. The summed E-state index contributed by atoms with van der Waals surface area (Å²) >= 11 is 1.25. The molecule has 13 heteroatoms. The Morgan fingerprint density at radius 1 is 1.11 bits per heavy atom. The highest BCUT2D eigenvalue weighted by atomic mass is 32.2. The van der Waals surface area contributed by atoms with E-state index < -0.39 is 12.4 Å². The van der Waals surface area contributed by atoms with E-state index in [1.165, 1.54) is 51.9 Å². The van der Waals surface area contributed by atoms with E-state index in [0.29, 0.717) is 23.2 Å². The summed E-state index contributed by atoms with van der Waals surface area (Å²) in [4.78, 5) is 35.5. The predicted octanol–water partition coefficient (Wildman–Crippen LogP) is 6.65. The number of hydrogen-bond donors (Lipinski definition) is 1. The van der Waals surface area contributed by atoms with Crippen LogP contribution in [0.4, 0.5) is 23.7 Å². The predicted molar refractivity (Wildman–Crippen MR) is 163 cm³/mol. The van der Waals surface area contributed by atoms with Gasteiger partial charge >= 0.3 is 12.4 Å². The van der Waals surface area contributed by atoms with Crippen LogP contribution in [0, 0.1) is 6.92 Å². The summed E-state index contributed by atoms with van der Waals surface area (Å²) in [5.74, 6) is 0.202. The van der Waals surface area contributed by atoms with Crippen LogP contribution < -0.4 is 15.0 Å². The highest BCUT2D eigenvalue weighted by Gasteiger charge is 2.32. The molecule has 0 bridgehead atoms. The summed E-state index contributed by atoms with van der Waals surface area (Å²) in [5, 5.41) is 7.63. The topological polar surface area (TPSA) is 102 Å². The molecule has 1 aliphatic rings. The number of carbonyl (C=O) groups is 2. The number of aryl methyl sites for hydroxylation is 2. The second-order valence-electron chi connectivity index (χ2n) is 10.2. The molecule has 1 unspecified atom stereocenters. The molecule has 1 N–H and O–H groups in total. The summed E-state index contributed by atoms with van der Waals surface area (Å²) in [7, 11) is 0. The van der Waals surface area contributed by atoms with Crippen LogP contribution in [-0.4, -0.2) is 50.5 Å². The number of halogens is 3. The van der Waals surface area contributed by atoms with E-state index in [9.17, 15) is 22.8 Å². The van der Waals surface area contributed by atoms with Gasteiger partial charge in [-0.3, -0.25) is 9.69 Å². The first kappa shape index (κ1) is 30.8. The molecule has 0 radical (unpaired) electrons. The monoisotopic (exact) mass is 622 g/mol. The molecule has 2 heterocycles. The summed E-state index contributed by atoms with van der Waals surface area (Å²) in [6, 6.07) is 18.3. The number of ether oxygens (including phenoxy) is 1. The second kappa shape index (κ2) is 12.9. The molecule has 4 aromatic rings.